The van der Waals surface area contributed by atoms with Crippen molar-refractivity contribution < 1.29 is 0 Å². The molecule has 2 heterocycles. The van der Waals surface area contributed by atoms with Crippen LogP contribution in [0.15, 0.2) is 59.1 Å². The van der Waals surface area contributed by atoms with Crippen molar-refractivity contribution >= 4 is 38.1 Å². The van der Waals surface area contributed by atoms with Crippen molar-refractivity contribution in [3.63, 3.8) is 0 Å². The van der Waals surface area contributed by atoms with Gasteiger partial charge in [0, 0.05) is 29.6 Å². The largest absolute Gasteiger partial charge is 0.366 e. The number of fused-ring (bicyclic) bond motifs is 1. The number of nitrogens with one attached hydrogen (secondary N) is 1. The van der Waals surface area contributed by atoms with Crippen molar-refractivity contribution in [3.8, 4) is 0 Å². The molecule has 1 fully saturated rings. The van der Waals surface area contributed by atoms with Gasteiger partial charge in [-0.1, -0.05) is 52.3 Å². The zero-order chi connectivity index (χ0) is 18.7. The molecule has 3 aromatic carbocycles. The highest BCUT2D eigenvalue weighted by Gasteiger charge is 2.34. The highest BCUT2D eigenvalue weighted by Crippen LogP contribution is 2.43. The molecule has 1 atom stereocenters. The van der Waals surface area contributed by atoms with Gasteiger partial charge in [0.15, 0.2) is 0 Å². The Morgan fingerprint density at radius 3 is 2.68 bits per heavy atom. The average Bonchev–Trinajstić information content (AvgIpc) is 3.34. The quantitative estimate of drug-likeness (QED) is 0.570. The first-order chi connectivity index (χ1) is 13.8. The van der Waals surface area contributed by atoms with Gasteiger partial charge >= 0.3 is 0 Å². The zero-order valence-electron chi connectivity index (χ0n) is 15.9. The van der Waals surface area contributed by atoms with Gasteiger partial charge in [-0.3, -0.25) is 4.90 Å². The maximum atomic E-state index is 3.74. The van der Waals surface area contributed by atoms with Crippen LogP contribution in [0.3, 0.4) is 0 Å². The van der Waals surface area contributed by atoms with E-state index in [0.29, 0.717) is 12.1 Å². The van der Waals surface area contributed by atoms with Gasteiger partial charge in [-0.05, 0) is 59.4 Å². The van der Waals surface area contributed by atoms with Crippen LogP contribution in [0.25, 0.3) is 10.8 Å². The van der Waals surface area contributed by atoms with Gasteiger partial charge in [0.05, 0.1) is 18.0 Å². The van der Waals surface area contributed by atoms with Crippen molar-refractivity contribution in [2.24, 2.45) is 0 Å². The summed E-state index contributed by atoms with van der Waals surface area (Å²) < 4.78 is 1.22. The Morgan fingerprint density at radius 2 is 1.79 bits per heavy atom. The zero-order valence-corrected chi connectivity index (χ0v) is 17.5. The molecule has 0 radical (unpaired) electrons. The average molecular weight is 434 g/mol. The number of likely N-dealkylation sites (tertiary alicyclic amines) is 1. The van der Waals surface area contributed by atoms with Gasteiger partial charge in [-0.15, -0.1) is 0 Å². The van der Waals surface area contributed by atoms with Crippen LogP contribution in [0, 0.1) is 0 Å². The summed E-state index contributed by atoms with van der Waals surface area (Å²) in [6.45, 7) is 3.31. The lowest BCUT2D eigenvalue weighted by Gasteiger charge is -2.40. The van der Waals surface area contributed by atoms with Gasteiger partial charge in [0.1, 0.15) is 0 Å². The molecule has 0 amide bonds. The van der Waals surface area contributed by atoms with Gasteiger partial charge in [0.25, 0.3) is 0 Å². The van der Waals surface area contributed by atoms with Crippen LogP contribution in [0.2, 0.25) is 0 Å². The lowest BCUT2D eigenvalue weighted by atomic mass is 9.98. The summed E-state index contributed by atoms with van der Waals surface area (Å²) in [6, 6.07) is 21.3. The molecule has 142 valence electrons. The summed E-state index contributed by atoms with van der Waals surface area (Å²) in [7, 11) is 0. The Bertz CT molecular complexity index is 1050. The van der Waals surface area contributed by atoms with Crippen LogP contribution < -0.4 is 10.2 Å². The van der Waals surface area contributed by atoms with Crippen LogP contribution in [-0.4, -0.2) is 30.7 Å². The van der Waals surface area contributed by atoms with Crippen LogP contribution in [-0.2, 0) is 6.42 Å². The molecule has 6 rings (SSSR count). The number of nitrogens with zero attached hydrogens (tertiary/aromatic N) is 2. The van der Waals surface area contributed by atoms with E-state index in [1.54, 1.807) is 0 Å². The SMILES string of the molecule is Brc1ccc2c3c(cccc13)C(N1CCC(N3CNc4ccccc43)CC1)C2. The third-order valence-electron chi connectivity index (χ3n) is 6.91. The van der Waals surface area contributed by atoms with Crippen molar-refractivity contribution in [2.75, 3.05) is 30.0 Å². The summed E-state index contributed by atoms with van der Waals surface area (Å²) >= 11 is 3.74. The van der Waals surface area contributed by atoms with Gasteiger partial charge in [0.2, 0.25) is 0 Å². The topological polar surface area (TPSA) is 18.5 Å². The highest BCUT2D eigenvalue weighted by molar-refractivity contribution is 9.10. The minimum Gasteiger partial charge on any atom is -0.366 e. The Balaban J connectivity index is 1.22. The minimum atomic E-state index is 0.540. The van der Waals surface area contributed by atoms with Crippen molar-refractivity contribution in [2.45, 2.75) is 31.3 Å². The second kappa shape index (κ2) is 6.50. The Morgan fingerprint density at radius 1 is 0.929 bits per heavy atom. The third-order valence-corrected chi connectivity index (χ3v) is 7.60. The van der Waals surface area contributed by atoms with E-state index in [1.807, 2.05) is 0 Å². The molecule has 3 aliphatic rings. The fourth-order valence-corrected chi connectivity index (χ4v) is 5.99. The second-order valence-corrected chi connectivity index (χ2v) is 9.14. The first-order valence-electron chi connectivity index (χ1n) is 10.3. The lowest BCUT2D eigenvalue weighted by molar-refractivity contribution is 0.154. The third kappa shape index (κ3) is 2.51. The molecule has 0 saturated carbocycles. The van der Waals surface area contributed by atoms with Crippen molar-refractivity contribution in [1.29, 1.82) is 0 Å². The number of hydrogen-bond donors (Lipinski definition) is 1. The van der Waals surface area contributed by atoms with E-state index in [4.69, 9.17) is 0 Å². The van der Waals surface area contributed by atoms with E-state index in [1.165, 1.54) is 63.7 Å². The van der Waals surface area contributed by atoms with Crippen LogP contribution in [0.1, 0.15) is 30.0 Å². The van der Waals surface area contributed by atoms with E-state index >= 15 is 0 Å². The molecule has 1 saturated heterocycles. The first-order valence-corrected chi connectivity index (χ1v) is 11.1. The highest BCUT2D eigenvalue weighted by atomic mass is 79.9. The summed E-state index contributed by atoms with van der Waals surface area (Å²) in [6.07, 6.45) is 3.63. The molecular weight excluding hydrogens is 410 g/mol. The summed E-state index contributed by atoms with van der Waals surface area (Å²) in [5, 5.41) is 6.41. The summed E-state index contributed by atoms with van der Waals surface area (Å²) in [4.78, 5) is 5.31. The fourth-order valence-electron chi connectivity index (χ4n) is 5.53. The number of para-hydroxylation sites is 2. The fraction of sp³-hybridized carbons (Fsp3) is 0.333. The minimum absolute atomic E-state index is 0.540. The number of piperidine rings is 1. The molecule has 1 N–H and O–H groups in total. The van der Waals surface area contributed by atoms with Crippen LogP contribution in [0.5, 0.6) is 0 Å². The monoisotopic (exact) mass is 433 g/mol. The molecule has 4 heteroatoms. The molecule has 3 aromatic rings. The number of rotatable bonds is 2. The van der Waals surface area contributed by atoms with E-state index in [2.05, 4.69) is 85.6 Å². The molecule has 1 aliphatic carbocycles. The van der Waals surface area contributed by atoms with Crippen LogP contribution in [0.4, 0.5) is 11.4 Å². The smallest absolute Gasteiger partial charge is 0.0880 e. The molecule has 0 bridgehead atoms. The molecule has 0 spiro atoms. The maximum absolute atomic E-state index is 3.74. The van der Waals surface area contributed by atoms with Crippen molar-refractivity contribution in [3.05, 3.63) is 70.2 Å². The summed E-state index contributed by atoms with van der Waals surface area (Å²) in [5.74, 6) is 0. The lowest BCUT2D eigenvalue weighted by Crippen LogP contribution is -2.46. The van der Waals surface area contributed by atoms with E-state index < -0.39 is 0 Å². The molecule has 2 aliphatic heterocycles. The van der Waals surface area contributed by atoms with E-state index in [9.17, 15) is 0 Å². The first kappa shape index (κ1) is 16.9. The van der Waals surface area contributed by atoms with E-state index in [-0.39, 0.29) is 0 Å². The molecular formula is C24H24BrN3. The Kier molecular flexibility index (Phi) is 3.92. The Hall–Kier alpha value is -2.04. The number of halogens is 1. The van der Waals surface area contributed by atoms with E-state index in [0.717, 1.165) is 13.1 Å². The predicted octanol–water partition coefficient (Wildman–Crippen LogP) is 5.55. The standard InChI is InChI=1S/C24H24BrN3/c25-20-9-8-16-14-23(19-5-3-4-18(20)24(16)19)27-12-10-17(11-13-27)28-15-26-21-6-1-2-7-22(21)28/h1-9,17,23,26H,10-15H2. The normalized spacial score (nSPS) is 21.9. The number of hydrogen-bond acceptors (Lipinski definition) is 3. The van der Waals surface area contributed by atoms with Crippen LogP contribution >= 0.6 is 15.9 Å². The summed E-state index contributed by atoms with van der Waals surface area (Å²) in [5.41, 5.74) is 5.70. The van der Waals surface area contributed by atoms with Gasteiger partial charge < -0.3 is 10.2 Å². The van der Waals surface area contributed by atoms with Gasteiger partial charge in [-0.2, -0.15) is 0 Å². The molecule has 28 heavy (non-hydrogen) atoms. The molecule has 0 aromatic heterocycles. The maximum Gasteiger partial charge on any atom is 0.0880 e. The number of benzene rings is 3. The van der Waals surface area contributed by atoms with Crippen molar-refractivity contribution in [1.82, 2.24) is 4.90 Å². The van der Waals surface area contributed by atoms with Gasteiger partial charge in [-0.25, -0.2) is 0 Å². The molecule has 3 nitrogen and oxygen atoms in total. The number of anilines is 2. The Labute approximate surface area is 174 Å². The second-order valence-electron chi connectivity index (χ2n) is 8.29. The molecule has 1 unspecified atom stereocenters. The predicted molar refractivity (Wildman–Crippen MR) is 120 cm³/mol.